The largest absolute Gasteiger partial charge is 0.443 e. The summed E-state index contributed by atoms with van der Waals surface area (Å²) in [6.45, 7) is 7.41. The summed E-state index contributed by atoms with van der Waals surface area (Å²) in [7, 11) is 0. The van der Waals surface area contributed by atoms with Crippen molar-refractivity contribution in [3.63, 3.8) is 0 Å². The van der Waals surface area contributed by atoms with Gasteiger partial charge in [0.05, 0.1) is 11.7 Å². The Bertz CT molecular complexity index is 324. The molecule has 1 saturated heterocycles. The summed E-state index contributed by atoms with van der Waals surface area (Å²) in [5, 5.41) is 3.46. The van der Waals surface area contributed by atoms with Crippen LogP contribution in [0.2, 0.25) is 0 Å². The van der Waals surface area contributed by atoms with Crippen molar-refractivity contribution in [3.05, 3.63) is 17.3 Å². The Hall–Kier alpha value is -0.830. The zero-order chi connectivity index (χ0) is 10.8. The van der Waals surface area contributed by atoms with E-state index in [-0.39, 0.29) is 0 Å². The van der Waals surface area contributed by atoms with Crippen LogP contribution in [0.5, 0.6) is 0 Å². The summed E-state index contributed by atoms with van der Waals surface area (Å²) >= 11 is 0. The third-order valence-electron chi connectivity index (χ3n) is 2.98. The van der Waals surface area contributed by atoms with Gasteiger partial charge >= 0.3 is 0 Å². The molecule has 1 unspecified atom stereocenters. The van der Waals surface area contributed by atoms with E-state index in [1.54, 1.807) is 0 Å². The first-order valence-corrected chi connectivity index (χ1v) is 5.89. The SMILES string of the molecule is Cc1nc(C2CCCCN2)oc1C(C)C. The number of hydrogen-bond acceptors (Lipinski definition) is 3. The lowest BCUT2D eigenvalue weighted by Crippen LogP contribution is -2.26. The molecule has 1 aromatic heterocycles. The molecule has 0 aliphatic carbocycles. The molecule has 0 amide bonds. The van der Waals surface area contributed by atoms with E-state index in [0.717, 1.165) is 30.3 Å². The van der Waals surface area contributed by atoms with Crippen LogP contribution in [0.1, 0.15) is 62.4 Å². The number of nitrogens with zero attached hydrogens (tertiary/aromatic N) is 1. The van der Waals surface area contributed by atoms with Crippen LogP contribution >= 0.6 is 0 Å². The van der Waals surface area contributed by atoms with Crippen molar-refractivity contribution in [2.75, 3.05) is 6.54 Å². The molecule has 2 rings (SSSR count). The van der Waals surface area contributed by atoms with E-state index in [9.17, 15) is 0 Å². The maximum absolute atomic E-state index is 5.84. The summed E-state index contributed by atoms with van der Waals surface area (Å²) in [4.78, 5) is 4.53. The van der Waals surface area contributed by atoms with Gasteiger partial charge < -0.3 is 9.73 Å². The second kappa shape index (κ2) is 4.35. The smallest absolute Gasteiger partial charge is 0.211 e. The fourth-order valence-electron chi connectivity index (χ4n) is 2.18. The van der Waals surface area contributed by atoms with Crippen LogP contribution in [-0.4, -0.2) is 11.5 Å². The molecule has 0 saturated carbocycles. The predicted molar refractivity (Wildman–Crippen MR) is 59.9 cm³/mol. The zero-order valence-electron chi connectivity index (χ0n) is 9.84. The summed E-state index contributed by atoms with van der Waals surface area (Å²) in [6.07, 6.45) is 3.70. The van der Waals surface area contributed by atoms with Gasteiger partial charge in [-0.25, -0.2) is 4.98 Å². The lowest BCUT2D eigenvalue weighted by atomic mass is 10.1. The van der Waals surface area contributed by atoms with Crippen molar-refractivity contribution in [3.8, 4) is 0 Å². The van der Waals surface area contributed by atoms with Crippen molar-refractivity contribution < 1.29 is 4.42 Å². The fourth-order valence-corrected chi connectivity index (χ4v) is 2.18. The average Bonchev–Trinajstić information content (AvgIpc) is 2.62. The Morgan fingerprint density at radius 1 is 1.40 bits per heavy atom. The van der Waals surface area contributed by atoms with Crippen LogP contribution in [0.25, 0.3) is 0 Å². The van der Waals surface area contributed by atoms with Crippen LogP contribution in [-0.2, 0) is 0 Å². The van der Waals surface area contributed by atoms with Crippen LogP contribution in [0.4, 0.5) is 0 Å². The second-order valence-electron chi connectivity index (χ2n) is 4.66. The highest BCUT2D eigenvalue weighted by atomic mass is 16.4. The second-order valence-corrected chi connectivity index (χ2v) is 4.66. The highest BCUT2D eigenvalue weighted by molar-refractivity contribution is 5.13. The molecule has 1 N–H and O–H groups in total. The molecule has 3 heteroatoms. The summed E-state index contributed by atoms with van der Waals surface area (Å²) in [6, 6.07) is 0.338. The molecule has 0 bridgehead atoms. The molecule has 0 spiro atoms. The minimum Gasteiger partial charge on any atom is -0.443 e. The number of aryl methyl sites for hydroxylation is 1. The number of hydrogen-bond donors (Lipinski definition) is 1. The Balaban J connectivity index is 2.17. The fraction of sp³-hybridized carbons (Fsp3) is 0.750. The highest BCUT2D eigenvalue weighted by Crippen LogP contribution is 2.27. The first-order chi connectivity index (χ1) is 7.18. The van der Waals surface area contributed by atoms with Gasteiger partial charge in [0.15, 0.2) is 0 Å². The number of rotatable bonds is 2. The molecule has 0 radical (unpaired) electrons. The Kier molecular flexibility index (Phi) is 3.10. The van der Waals surface area contributed by atoms with Crippen molar-refractivity contribution in [2.24, 2.45) is 0 Å². The van der Waals surface area contributed by atoms with E-state index in [2.05, 4.69) is 24.1 Å². The third-order valence-corrected chi connectivity index (χ3v) is 2.98. The molecule has 2 heterocycles. The van der Waals surface area contributed by atoms with E-state index >= 15 is 0 Å². The van der Waals surface area contributed by atoms with Gasteiger partial charge in [0.2, 0.25) is 5.89 Å². The van der Waals surface area contributed by atoms with Gasteiger partial charge in [-0.2, -0.15) is 0 Å². The molecule has 15 heavy (non-hydrogen) atoms. The van der Waals surface area contributed by atoms with Crippen LogP contribution in [0.15, 0.2) is 4.42 Å². The zero-order valence-corrected chi connectivity index (χ0v) is 9.84. The normalized spacial score (nSPS) is 22.3. The van der Waals surface area contributed by atoms with Gasteiger partial charge in [0.25, 0.3) is 0 Å². The maximum atomic E-state index is 5.84. The van der Waals surface area contributed by atoms with E-state index < -0.39 is 0 Å². The maximum Gasteiger partial charge on any atom is 0.211 e. The third kappa shape index (κ3) is 2.23. The number of piperidine rings is 1. The van der Waals surface area contributed by atoms with Crippen molar-refractivity contribution in [1.29, 1.82) is 0 Å². The lowest BCUT2D eigenvalue weighted by molar-refractivity contribution is 0.325. The Labute approximate surface area is 91.3 Å². The number of oxazole rings is 1. The topological polar surface area (TPSA) is 38.1 Å². The first kappa shape index (κ1) is 10.7. The molecule has 1 aromatic rings. The number of aromatic nitrogens is 1. The molecule has 1 atom stereocenters. The quantitative estimate of drug-likeness (QED) is 0.812. The van der Waals surface area contributed by atoms with Gasteiger partial charge in [-0.05, 0) is 26.3 Å². The molecule has 1 fully saturated rings. The van der Waals surface area contributed by atoms with Crippen molar-refractivity contribution in [1.82, 2.24) is 10.3 Å². The van der Waals surface area contributed by atoms with Crippen LogP contribution < -0.4 is 5.32 Å². The molecule has 84 valence electrons. The molecular weight excluding hydrogens is 188 g/mol. The summed E-state index contributed by atoms with van der Waals surface area (Å²) < 4.78 is 5.84. The minimum absolute atomic E-state index is 0.338. The van der Waals surface area contributed by atoms with Gasteiger partial charge in [-0.1, -0.05) is 20.3 Å². The minimum atomic E-state index is 0.338. The Morgan fingerprint density at radius 3 is 2.73 bits per heavy atom. The highest BCUT2D eigenvalue weighted by Gasteiger charge is 2.22. The summed E-state index contributed by atoms with van der Waals surface area (Å²) in [5.74, 6) is 2.35. The average molecular weight is 208 g/mol. The van der Waals surface area contributed by atoms with Crippen molar-refractivity contribution in [2.45, 2.75) is 52.0 Å². The molecule has 3 nitrogen and oxygen atoms in total. The van der Waals surface area contributed by atoms with Crippen LogP contribution in [0, 0.1) is 6.92 Å². The molecule has 0 aromatic carbocycles. The van der Waals surface area contributed by atoms with E-state index in [1.807, 2.05) is 6.92 Å². The van der Waals surface area contributed by atoms with Gasteiger partial charge in [0, 0.05) is 5.92 Å². The van der Waals surface area contributed by atoms with E-state index in [1.165, 1.54) is 12.8 Å². The van der Waals surface area contributed by atoms with E-state index in [0.29, 0.717) is 12.0 Å². The molecular formula is C12H20N2O. The van der Waals surface area contributed by atoms with Crippen molar-refractivity contribution >= 4 is 0 Å². The van der Waals surface area contributed by atoms with Crippen LogP contribution in [0.3, 0.4) is 0 Å². The molecule has 1 aliphatic rings. The van der Waals surface area contributed by atoms with E-state index in [4.69, 9.17) is 4.42 Å². The standard InChI is InChI=1S/C12H20N2O/c1-8(2)11-9(3)14-12(15-11)10-6-4-5-7-13-10/h8,10,13H,4-7H2,1-3H3. The predicted octanol–water partition coefficient (Wildman–Crippen LogP) is 2.92. The monoisotopic (exact) mass is 208 g/mol. The van der Waals surface area contributed by atoms with Gasteiger partial charge in [0.1, 0.15) is 5.76 Å². The Morgan fingerprint density at radius 2 is 2.20 bits per heavy atom. The molecule has 1 aliphatic heterocycles. The number of nitrogens with one attached hydrogen (secondary N) is 1. The first-order valence-electron chi connectivity index (χ1n) is 5.89. The summed E-state index contributed by atoms with van der Waals surface area (Å²) in [5.41, 5.74) is 1.05. The van der Waals surface area contributed by atoms with Gasteiger partial charge in [-0.3, -0.25) is 0 Å². The van der Waals surface area contributed by atoms with Gasteiger partial charge in [-0.15, -0.1) is 0 Å². The lowest BCUT2D eigenvalue weighted by Gasteiger charge is -2.20.